The van der Waals surface area contributed by atoms with Gasteiger partial charge >= 0.3 is 5.97 Å². The van der Waals surface area contributed by atoms with Crippen molar-refractivity contribution < 1.29 is 15.0 Å². The number of phenolic OH excluding ortho intramolecular Hbond substituents is 1. The summed E-state index contributed by atoms with van der Waals surface area (Å²) in [5.41, 5.74) is 6.85. The van der Waals surface area contributed by atoms with Crippen LogP contribution in [-0.4, -0.2) is 20.7 Å². The van der Waals surface area contributed by atoms with Gasteiger partial charge in [0, 0.05) is 23.7 Å². The predicted octanol–water partition coefficient (Wildman–Crippen LogP) is 1.45. The Morgan fingerprint density at radius 3 is 2.82 bits per heavy atom. The third kappa shape index (κ3) is 1.74. The Balaban J connectivity index is 2.75. The molecule has 1 aromatic heterocycles. The van der Waals surface area contributed by atoms with Crippen molar-refractivity contribution in [1.82, 2.24) is 4.57 Å². The van der Waals surface area contributed by atoms with Crippen LogP contribution in [0.15, 0.2) is 24.4 Å². The fourth-order valence-electron chi connectivity index (χ4n) is 2.00. The molecule has 0 saturated heterocycles. The fourth-order valence-corrected chi connectivity index (χ4v) is 2.00. The van der Waals surface area contributed by atoms with Gasteiger partial charge in [0.25, 0.3) is 0 Å². The van der Waals surface area contributed by atoms with Crippen molar-refractivity contribution in [2.24, 2.45) is 5.73 Å². The first-order valence-corrected chi connectivity index (χ1v) is 5.35. The minimum absolute atomic E-state index is 0.0569. The third-order valence-electron chi connectivity index (χ3n) is 2.86. The van der Waals surface area contributed by atoms with E-state index in [0.717, 1.165) is 5.52 Å². The van der Waals surface area contributed by atoms with Crippen molar-refractivity contribution in [1.29, 1.82) is 0 Å². The van der Waals surface area contributed by atoms with Gasteiger partial charge in [-0.05, 0) is 19.1 Å². The largest absolute Gasteiger partial charge is 0.507 e. The smallest absolute Gasteiger partial charge is 0.325 e. The van der Waals surface area contributed by atoms with Crippen LogP contribution in [-0.2, 0) is 11.3 Å². The zero-order chi connectivity index (χ0) is 12.6. The van der Waals surface area contributed by atoms with Crippen molar-refractivity contribution in [2.75, 3.05) is 0 Å². The molecule has 1 atom stereocenters. The predicted molar refractivity (Wildman–Crippen MR) is 63.8 cm³/mol. The highest BCUT2D eigenvalue weighted by Gasteiger charge is 2.21. The zero-order valence-electron chi connectivity index (χ0n) is 9.42. The Kier molecular flexibility index (Phi) is 2.77. The minimum Gasteiger partial charge on any atom is -0.507 e. The Morgan fingerprint density at radius 2 is 2.24 bits per heavy atom. The molecule has 1 unspecified atom stereocenters. The molecule has 1 aromatic carbocycles. The Morgan fingerprint density at radius 1 is 1.53 bits per heavy atom. The molecule has 17 heavy (non-hydrogen) atoms. The molecule has 4 N–H and O–H groups in total. The van der Waals surface area contributed by atoms with Crippen LogP contribution in [0.2, 0.25) is 0 Å². The number of nitrogens with zero attached hydrogens (tertiary/aromatic N) is 1. The summed E-state index contributed by atoms with van der Waals surface area (Å²) in [6.07, 6.45) is 1.68. The summed E-state index contributed by atoms with van der Waals surface area (Å²) in [4.78, 5) is 10.9. The number of rotatable bonds is 3. The molecule has 0 bridgehead atoms. The number of phenols is 1. The molecule has 0 aliphatic rings. The molecule has 0 saturated carbocycles. The van der Waals surface area contributed by atoms with Gasteiger partial charge < -0.3 is 20.5 Å². The summed E-state index contributed by atoms with van der Waals surface area (Å²) in [5.74, 6) is -1.05. The van der Waals surface area contributed by atoms with E-state index in [1.807, 2.05) is 17.6 Å². The first kappa shape index (κ1) is 11.5. The molecular weight excluding hydrogens is 220 g/mol. The number of aromatic nitrogens is 1. The molecule has 0 fully saturated rings. The van der Waals surface area contributed by atoms with Crippen LogP contribution in [0.3, 0.4) is 0 Å². The van der Waals surface area contributed by atoms with Gasteiger partial charge in [-0.3, -0.25) is 4.79 Å². The number of fused-ring (bicyclic) bond motifs is 1. The third-order valence-corrected chi connectivity index (χ3v) is 2.86. The van der Waals surface area contributed by atoms with Gasteiger partial charge in [-0.15, -0.1) is 0 Å². The van der Waals surface area contributed by atoms with Crippen LogP contribution in [0.25, 0.3) is 10.9 Å². The number of aromatic hydroxyl groups is 1. The number of carbonyl (C=O) groups is 1. The number of benzene rings is 1. The average Bonchev–Trinajstić information content (AvgIpc) is 2.68. The topological polar surface area (TPSA) is 88.5 Å². The van der Waals surface area contributed by atoms with Crippen LogP contribution in [0.1, 0.15) is 18.5 Å². The van der Waals surface area contributed by atoms with Crippen LogP contribution >= 0.6 is 0 Å². The normalized spacial score (nSPS) is 12.8. The van der Waals surface area contributed by atoms with E-state index in [1.54, 1.807) is 12.3 Å². The number of carboxylic acid groups (broad SMARTS) is 1. The van der Waals surface area contributed by atoms with E-state index < -0.39 is 12.0 Å². The second-order valence-corrected chi connectivity index (χ2v) is 3.86. The van der Waals surface area contributed by atoms with Gasteiger partial charge in [0.1, 0.15) is 11.8 Å². The summed E-state index contributed by atoms with van der Waals surface area (Å²) in [7, 11) is 0. The lowest BCUT2D eigenvalue weighted by Gasteiger charge is -2.05. The van der Waals surface area contributed by atoms with E-state index in [0.29, 0.717) is 17.5 Å². The second-order valence-electron chi connectivity index (χ2n) is 3.86. The highest BCUT2D eigenvalue weighted by Crippen LogP contribution is 2.32. The van der Waals surface area contributed by atoms with Crippen LogP contribution in [0.4, 0.5) is 0 Å². The van der Waals surface area contributed by atoms with E-state index in [2.05, 4.69) is 0 Å². The molecule has 0 radical (unpaired) electrons. The molecule has 5 nitrogen and oxygen atoms in total. The highest BCUT2D eigenvalue weighted by molar-refractivity contribution is 5.93. The van der Waals surface area contributed by atoms with E-state index in [4.69, 9.17) is 10.8 Å². The summed E-state index contributed by atoms with van der Waals surface area (Å²) < 4.78 is 1.87. The lowest BCUT2D eigenvalue weighted by atomic mass is 10.1. The molecular formula is C12H14N2O3. The standard InChI is InChI=1S/C12H14N2O3/c1-2-14-6-7(11(13)12(16)17)10-8(14)4-3-5-9(10)15/h3-6,11,15H,2,13H2,1H3,(H,16,17). The van der Waals surface area contributed by atoms with Crippen LogP contribution in [0, 0.1) is 0 Å². The first-order valence-electron chi connectivity index (χ1n) is 5.35. The molecule has 0 spiro atoms. The summed E-state index contributed by atoms with van der Waals surface area (Å²) in [5, 5.41) is 19.3. The molecule has 2 rings (SSSR count). The highest BCUT2D eigenvalue weighted by atomic mass is 16.4. The lowest BCUT2D eigenvalue weighted by Crippen LogP contribution is -2.20. The van der Waals surface area contributed by atoms with Gasteiger partial charge in [0.05, 0.1) is 5.52 Å². The molecule has 90 valence electrons. The van der Waals surface area contributed by atoms with Gasteiger partial charge in [0.2, 0.25) is 0 Å². The maximum Gasteiger partial charge on any atom is 0.325 e. The van der Waals surface area contributed by atoms with Crippen molar-refractivity contribution in [3.63, 3.8) is 0 Å². The average molecular weight is 234 g/mol. The van der Waals surface area contributed by atoms with Gasteiger partial charge in [-0.2, -0.15) is 0 Å². The number of aliphatic carboxylic acids is 1. The molecule has 0 aliphatic carbocycles. The monoisotopic (exact) mass is 234 g/mol. The lowest BCUT2D eigenvalue weighted by molar-refractivity contribution is -0.138. The van der Waals surface area contributed by atoms with Gasteiger partial charge in [-0.1, -0.05) is 6.07 Å². The number of hydrogen-bond donors (Lipinski definition) is 3. The summed E-state index contributed by atoms with van der Waals surface area (Å²) in [6.45, 7) is 2.63. The maximum atomic E-state index is 10.9. The van der Waals surface area contributed by atoms with Crippen LogP contribution in [0.5, 0.6) is 5.75 Å². The molecule has 1 heterocycles. The summed E-state index contributed by atoms with van der Waals surface area (Å²) in [6, 6.07) is 3.95. The summed E-state index contributed by atoms with van der Waals surface area (Å²) >= 11 is 0. The SMILES string of the molecule is CCn1cc(C(N)C(=O)O)c2c(O)cccc21. The number of carboxylic acids is 1. The Hall–Kier alpha value is -2.01. The molecule has 5 heteroatoms. The van der Waals surface area contributed by atoms with Gasteiger partial charge in [0.15, 0.2) is 0 Å². The molecule has 0 aliphatic heterocycles. The number of hydrogen-bond acceptors (Lipinski definition) is 3. The Bertz CT molecular complexity index is 574. The van der Waals surface area contributed by atoms with Crippen molar-refractivity contribution >= 4 is 16.9 Å². The van der Waals surface area contributed by atoms with Gasteiger partial charge in [-0.25, -0.2) is 0 Å². The first-order chi connectivity index (χ1) is 8.06. The van der Waals surface area contributed by atoms with Crippen molar-refractivity contribution in [3.8, 4) is 5.75 Å². The number of aryl methyl sites for hydroxylation is 1. The van der Waals surface area contributed by atoms with E-state index in [1.165, 1.54) is 6.07 Å². The minimum atomic E-state index is -1.13. The molecule has 2 aromatic rings. The quantitative estimate of drug-likeness (QED) is 0.750. The zero-order valence-corrected chi connectivity index (χ0v) is 9.42. The maximum absolute atomic E-state index is 10.9. The van der Waals surface area contributed by atoms with Crippen molar-refractivity contribution in [2.45, 2.75) is 19.5 Å². The van der Waals surface area contributed by atoms with E-state index in [9.17, 15) is 9.90 Å². The fraction of sp³-hybridized carbons (Fsp3) is 0.250. The Labute approximate surface area is 98.1 Å². The number of nitrogens with two attached hydrogens (primary N) is 1. The van der Waals surface area contributed by atoms with E-state index >= 15 is 0 Å². The second kappa shape index (κ2) is 4.10. The van der Waals surface area contributed by atoms with E-state index in [-0.39, 0.29) is 5.75 Å². The van der Waals surface area contributed by atoms with Crippen molar-refractivity contribution in [3.05, 3.63) is 30.0 Å². The van der Waals surface area contributed by atoms with Crippen LogP contribution < -0.4 is 5.73 Å². The molecule has 0 amide bonds.